The van der Waals surface area contributed by atoms with Crippen LogP contribution in [0, 0.1) is 11.2 Å². The molecule has 1 unspecified atom stereocenters. The molecule has 112 valence electrons. The maximum absolute atomic E-state index is 14.0. The van der Waals surface area contributed by atoms with E-state index in [1.807, 2.05) is 13.8 Å². The monoisotopic (exact) mass is 282 g/mol. The molecule has 1 aromatic carbocycles. The summed E-state index contributed by atoms with van der Waals surface area (Å²) in [6, 6.07) is 4.59. The molecule has 1 atom stereocenters. The summed E-state index contributed by atoms with van der Waals surface area (Å²) in [5.41, 5.74) is -0.447. The molecule has 0 saturated heterocycles. The Kier molecular flexibility index (Phi) is 5.99. The molecular weight excluding hydrogens is 259 g/mol. The van der Waals surface area contributed by atoms with Crippen LogP contribution in [0.15, 0.2) is 18.2 Å². The van der Waals surface area contributed by atoms with Crippen LogP contribution in [0.1, 0.15) is 45.1 Å². The predicted molar refractivity (Wildman–Crippen MR) is 76.5 cm³/mol. The molecule has 0 amide bonds. The van der Waals surface area contributed by atoms with Gasteiger partial charge in [0.25, 0.3) is 0 Å². The fourth-order valence-electron chi connectivity index (χ4n) is 2.40. The lowest BCUT2D eigenvalue weighted by Gasteiger charge is -2.28. The van der Waals surface area contributed by atoms with Crippen molar-refractivity contribution in [2.75, 3.05) is 7.11 Å². The molecule has 1 aromatic rings. The number of carboxylic acid groups (broad SMARTS) is 1. The third-order valence-corrected chi connectivity index (χ3v) is 3.93. The van der Waals surface area contributed by atoms with Crippen LogP contribution in [-0.4, -0.2) is 18.2 Å². The summed E-state index contributed by atoms with van der Waals surface area (Å²) in [6.07, 6.45) is 3.04. The van der Waals surface area contributed by atoms with Gasteiger partial charge in [0.1, 0.15) is 11.6 Å². The van der Waals surface area contributed by atoms with E-state index in [0.717, 1.165) is 12.8 Å². The molecule has 0 radical (unpaired) electrons. The molecule has 0 aliphatic carbocycles. The number of unbranched alkanes of at least 4 members (excludes halogenated alkanes) is 1. The summed E-state index contributed by atoms with van der Waals surface area (Å²) >= 11 is 0. The number of hydrogen-bond acceptors (Lipinski definition) is 2. The SMILES string of the molecule is CCCCC(CC)(Cc1ccc(OC)cc1F)C(=O)O. The lowest BCUT2D eigenvalue weighted by molar-refractivity contribution is -0.149. The van der Waals surface area contributed by atoms with E-state index < -0.39 is 17.2 Å². The first-order chi connectivity index (χ1) is 9.49. The largest absolute Gasteiger partial charge is 0.497 e. The average Bonchev–Trinajstić information content (AvgIpc) is 2.44. The molecule has 4 heteroatoms. The summed E-state index contributed by atoms with van der Waals surface area (Å²) in [7, 11) is 1.48. The van der Waals surface area contributed by atoms with Gasteiger partial charge in [0.15, 0.2) is 0 Å². The van der Waals surface area contributed by atoms with Crippen LogP contribution in [-0.2, 0) is 11.2 Å². The van der Waals surface area contributed by atoms with Crippen molar-refractivity contribution < 1.29 is 19.0 Å². The van der Waals surface area contributed by atoms with Gasteiger partial charge in [0, 0.05) is 6.07 Å². The second kappa shape index (κ2) is 7.27. The zero-order valence-corrected chi connectivity index (χ0v) is 12.4. The van der Waals surface area contributed by atoms with Crippen LogP contribution in [0.4, 0.5) is 4.39 Å². The van der Waals surface area contributed by atoms with Crippen LogP contribution in [0.2, 0.25) is 0 Å². The highest BCUT2D eigenvalue weighted by atomic mass is 19.1. The Balaban J connectivity index is 3.03. The fourth-order valence-corrected chi connectivity index (χ4v) is 2.40. The van der Waals surface area contributed by atoms with Crippen molar-refractivity contribution in [1.82, 2.24) is 0 Å². The van der Waals surface area contributed by atoms with Gasteiger partial charge in [-0.3, -0.25) is 4.79 Å². The van der Waals surface area contributed by atoms with Crippen molar-refractivity contribution in [1.29, 1.82) is 0 Å². The standard InChI is InChI=1S/C16H23FO3/c1-4-6-9-16(5-2,15(18)19)11-12-7-8-13(20-3)10-14(12)17/h7-8,10H,4-6,9,11H2,1-3H3,(H,18,19). The third-order valence-electron chi connectivity index (χ3n) is 3.93. The summed E-state index contributed by atoms with van der Waals surface area (Å²) in [6.45, 7) is 3.88. The van der Waals surface area contributed by atoms with Crippen LogP contribution < -0.4 is 4.74 Å². The van der Waals surface area contributed by atoms with Gasteiger partial charge in [-0.25, -0.2) is 4.39 Å². The zero-order chi connectivity index (χ0) is 15.2. The van der Waals surface area contributed by atoms with Gasteiger partial charge in [0.05, 0.1) is 12.5 Å². The number of hydrogen-bond donors (Lipinski definition) is 1. The molecule has 1 N–H and O–H groups in total. The van der Waals surface area contributed by atoms with Crippen LogP contribution >= 0.6 is 0 Å². The van der Waals surface area contributed by atoms with Crippen LogP contribution in [0.3, 0.4) is 0 Å². The molecule has 20 heavy (non-hydrogen) atoms. The zero-order valence-electron chi connectivity index (χ0n) is 12.4. The van der Waals surface area contributed by atoms with E-state index in [2.05, 4.69) is 0 Å². The average molecular weight is 282 g/mol. The van der Waals surface area contributed by atoms with E-state index in [1.54, 1.807) is 12.1 Å². The van der Waals surface area contributed by atoms with Gasteiger partial charge in [-0.05, 0) is 30.9 Å². The van der Waals surface area contributed by atoms with E-state index in [1.165, 1.54) is 13.2 Å². The third kappa shape index (κ3) is 3.71. The van der Waals surface area contributed by atoms with Crippen molar-refractivity contribution in [2.45, 2.75) is 46.0 Å². The van der Waals surface area contributed by atoms with Gasteiger partial charge in [-0.15, -0.1) is 0 Å². The van der Waals surface area contributed by atoms with Gasteiger partial charge >= 0.3 is 5.97 Å². The minimum absolute atomic E-state index is 0.217. The van der Waals surface area contributed by atoms with E-state index in [-0.39, 0.29) is 6.42 Å². The maximum atomic E-state index is 14.0. The number of rotatable bonds is 8. The first kappa shape index (κ1) is 16.5. The second-order valence-corrected chi connectivity index (χ2v) is 5.18. The van der Waals surface area contributed by atoms with Gasteiger partial charge in [-0.1, -0.05) is 32.8 Å². The molecule has 0 heterocycles. The molecule has 0 aliphatic rings. The minimum Gasteiger partial charge on any atom is -0.497 e. The summed E-state index contributed by atoms with van der Waals surface area (Å²) in [5.74, 6) is -0.805. The van der Waals surface area contributed by atoms with E-state index in [4.69, 9.17) is 4.74 Å². The predicted octanol–water partition coefficient (Wildman–Crippen LogP) is 4.05. The summed E-state index contributed by atoms with van der Waals surface area (Å²) < 4.78 is 19.0. The Bertz CT molecular complexity index is 459. The molecule has 3 nitrogen and oxygen atoms in total. The quantitative estimate of drug-likeness (QED) is 0.782. The molecule has 0 spiro atoms. The highest BCUT2D eigenvalue weighted by Gasteiger charge is 2.36. The first-order valence-corrected chi connectivity index (χ1v) is 7.05. The maximum Gasteiger partial charge on any atom is 0.309 e. The number of ether oxygens (including phenoxy) is 1. The number of carbonyl (C=O) groups is 1. The lowest BCUT2D eigenvalue weighted by atomic mass is 9.75. The molecule has 0 aromatic heterocycles. The number of halogens is 1. The topological polar surface area (TPSA) is 46.5 Å². The smallest absolute Gasteiger partial charge is 0.309 e. The Morgan fingerprint density at radius 1 is 1.40 bits per heavy atom. The highest BCUT2D eigenvalue weighted by molar-refractivity contribution is 5.75. The molecule has 0 saturated carbocycles. The van der Waals surface area contributed by atoms with E-state index >= 15 is 0 Å². The lowest BCUT2D eigenvalue weighted by Crippen LogP contribution is -2.33. The Morgan fingerprint density at radius 2 is 2.10 bits per heavy atom. The van der Waals surface area contributed by atoms with Crippen molar-refractivity contribution in [3.63, 3.8) is 0 Å². The van der Waals surface area contributed by atoms with E-state index in [9.17, 15) is 14.3 Å². The Morgan fingerprint density at radius 3 is 2.55 bits per heavy atom. The van der Waals surface area contributed by atoms with Gasteiger partial charge in [0.2, 0.25) is 0 Å². The normalized spacial score (nSPS) is 13.8. The summed E-state index contributed by atoms with van der Waals surface area (Å²) in [4.78, 5) is 11.6. The molecule has 1 rings (SSSR count). The number of methoxy groups -OCH3 is 1. The van der Waals surface area contributed by atoms with Crippen molar-refractivity contribution in [2.24, 2.45) is 5.41 Å². The highest BCUT2D eigenvalue weighted by Crippen LogP contribution is 2.34. The van der Waals surface area contributed by atoms with Crippen molar-refractivity contribution in [3.8, 4) is 5.75 Å². The van der Waals surface area contributed by atoms with Crippen LogP contribution in [0.25, 0.3) is 0 Å². The summed E-state index contributed by atoms with van der Waals surface area (Å²) in [5, 5.41) is 9.56. The van der Waals surface area contributed by atoms with Crippen molar-refractivity contribution >= 4 is 5.97 Å². The van der Waals surface area contributed by atoms with Crippen molar-refractivity contribution in [3.05, 3.63) is 29.6 Å². The van der Waals surface area contributed by atoms with Gasteiger partial charge in [-0.2, -0.15) is 0 Å². The second-order valence-electron chi connectivity index (χ2n) is 5.18. The minimum atomic E-state index is -0.883. The van der Waals surface area contributed by atoms with Gasteiger partial charge < -0.3 is 9.84 Å². The molecule has 0 fully saturated rings. The molecule has 0 bridgehead atoms. The number of carboxylic acids is 1. The van der Waals surface area contributed by atoms with E-state index in [0.29, 0.717) is 24.2 Å². The molecule has 0 aliphatic heterocycles. The first-order valence-electron chi connectivity index (χ1n) is 7.05. The number of benzene rings is 1. The fraction of sp³-hybridized carbons (Fsp3) is 0.562. The molecular formula is C16H23FO3. The Labute approximate surface area is 119 Å². The Hall–Kier alpha value is -1.58. The number of aliphatic carboxylic acids is 1. The van der Waals surface area contributed by atoms with Crippen LogP contribution in [0.5, 0.6) is 5.75 Å².